The Kier molecular flexibility index (Phi) is 2.10. The lowest BCUT2D eigenvalue weighted by Crippen LogP contribution is -2.20. The van der Waals surface area contributed by atoms with Gasteiger partial charge in [0, 0.05) is 18.0 Å². The minimum atomic E-state index is -4.77. The number of aryl methyl sites for hydroxylation is 1. The Hall–Kier alpha value is -1.56. The van der Waals surface area contributed by atoms with Crippen molar-refractivity contribution in [3.8, 4) is 0 Å². The Morgan fingerprint density at radius 1 is 1.56 bits per heavy atom. The number of aliphatic hydroxyl groups excluding tert-OH is 1. The summed E-state index contributed by atoms with van der Waals surface area (Å²) in [5, 5.41) is 9.23. The maximum Gasteiger partial charge on any atom is 0.418 e. The summed E-state index contributed by atoms with van der Waals surface area (Å²) in [5.41, 5.74) is 0.132. The van der Waals surface area contributed by atoms with Gasteiger partial charge in [0.05, 0.1) is 7.06 Å². The number of pyridine rings is 1. The van der Waals surface area contributed by atoms with E-state index in [1.165, 1.54) is 16.8 Å². The molecule has 0 saturated carbocycles. The zero-order valence-electron chi connectivity index (χ0n) is 9.28. The SMILES string of the molecule is [2H]c1cc(C(O)C(F)(F)F)c2nc(C)cn2c1. The lowest BCUT2D eigenvalue weighted by molar-refractivity contribution is -0.206. The zero-order chi connectivity index (χ0) is 12.8. The van der Waals surface area contributed by atoms with E-state index in [1.54, 1.807) is 6.92 Å². The standard InChI is InChI=1S/C10H9F3N2O/c1-6-5-15-4-2-3-7(9(15)14-6)8(16)10(11,12)13/h2-5,8,16H,1H3/i2D. The van der Waals surface area contributed by atoms with E-state index in [-0.39, 0.29) is 11.7 Å². The Bertz CT molecular complexity index is 564. The summed E-state index contributed by atoms with van der Waals surface area (Å²) >= 11 is 0. The lowest BCUT2D eigenvalue weighted by Gasteiger charge is -2.15. The second-order valence-corrected chi connectivity index (χ2v) is 3.45. The van der Waals surface area contributed by atoms with Gasteiger partial charge in [-0.25, -0.2) is 4.98 Å². The number of hydrogen-bond acceptors (Lipinski definition) is 2. The van der Waals surface area contributed by atoms with Gasteiger partial charge in [-0.3, -0.25) is 0 Å². The molecule has 1 unspecified atom stereocenters. The molecule has 1 atom stereocenters. The second kappa shape index (κ2) is 3.48. The third-order valence-electron chi connectivity index (χ3n) is 2.17. The van der Waals surface area contributed by atoms with Crippen molar-refractivity contribution in [3.63, 3.8) is 0 Å². The number of rotatable bonds is 1. The molecule has 0 radical (unpaired) electrons. The van der Waals surface area contributed by atoms with Gasteiger partial charge >= 0.3 is 6.18 Å². The van der Waals surface area contributed by atoms with Gasteiger partial charge in [-0.1, -0.05) is 6.07 Å². The van der Waals surface area contributed by atoms with Gasteiger partial charge in [0.2, 0.25) is 0 Å². The van der Waals surface area contributed by atoms with Gasteiger partial charge in [-0.15, -0.1) is 0 Å². The molecule has 0 saturated heterocycles. The number of aliphatic hydroxyl groups is 1. The first-order valence-electron chi connectivity index (χ1n) is 4.99. The van der Waals surface area contributed by atoms with E-state index in [1.807, 2.05) is 0 Å². The van der Waals surface area contributed by atoms with Gasteiger partial charge in [0.1, 0.15) is 5.65 Å². The van der Waals surface area contributed by atoms with Crippen molar-refractivity contribution in [2.75, 3.05) is 0 Å². The Morgan fingerprint density at radius 2 is 2.25 bits per heavy atom. The highest BCUT2D eigenvalue weighted by molar-refractivity contribution is 5.50. The van der Waals surface area contributed by atoms with Crippen molar-refractivity contribution in [1.29, 1.82) is 0 Å². The number of alkyl halides is 3. The van der Waals surface area contributed by atoms with Crippen LogP contribution in [0.4, 0.5) is 13.2 Å². The molecular weight excluding hydrogens is 221 g/mol. The van der Waals surface area contributed by atoms with Crippen molar-refractivity contribution in [2.24, 2.45) is 0 Å². The molecule has 86 valence electrons. The van der Waals surface area contributed by atoms with Crippen LogP contribution in [0.15, 0.2) is 24.5 Å². The summed E-state index contributed by atoms with van der Waals surface area (Å²) in [6, 6.07) is 0.855. The van der Waals surface area contributed by atoms with Gasteiger partial charge in [0.15, 0.2) is 6.10 Å². The zero-order valence-corrected chi connectivity index (χ0v) is 8.28. The number of nitrogens with zero attached hydrogens (tertiary/aromatic N) is 2. The highest BCUT2D eigenvalue weighted by Gasteiger charge is 2.40. The summed E-state index contributed by atoms with van der Waals surface area (Å²) < 4.78 is 46.1. The number of halogens is 3. The van der Waals surface area contributed by atoms with Crippen LogP contribution in [0.1, 0.15) is 18.7 Å². The topological polar surface area (TPSA) is 37.5 Å². The monoisotopic (exact) mass is 231 g/mol. The van der Waals surface area contributed by atoms with Crippen molar-refractivity contribution in [3.05, 3.63) is 35.8 Å². The number of aromatic nitrogens is 2. The molecule has 0 aliphatic heterocycles. The van der Waals surface area contributed by atoms with Crippen molar-refractivity contribution in [1.82, 2.24) is 9.38 Å². The van der Waals surface area contributed by atoms with Crippen LogP contribution in [0.2, 0.25) is 0 Å². The summed E-state index contributed by atoms with van der Waals surface area (Å²) in [6.07, 6.45) is -4.56. The van der Waals surface area contributed by atoms with E-state index >= 15 is 0 Å². The molecule has 1 N–H and O–H groups in total. The fraction of sp³-hybridized carbons (Fsp3) is 0.300. The van der Waals surface area contributed by atoms with Gasteiger partial charge in [0.25, 0.3) is 0 Å². The molecule has 0 aromatic carbocycles. The quantitative estimate of drug-likeness (QED) is 0.817. The Balaban J connectivity index is 2.67. The fourth-order valence-electron chi connectivity index (χ4n) is 1.48. The molecule has 2 aromatic heterocycles. The average Bonchev–Trinajstić information content (AvgIpc) is 2.54. The van der Waals surface area contributed by atoms with Crippen LogP contribution in [0.3, 0.4) is 0 Å². The van der Waals surface area contributed by atoms with E-state index in [2.05, 4.69) is 4.98 Å². The van der Waals surface area contributed by atoms with Crippen molar-refractivity contribution in [2.45, 2.75) is 19.2 Å². The van der Waals surface area contributed by atoms with Crippen LogP contribution in [0.5, 0.6) is 0 Å². The summed E-state index contributed by atoms with van der Waals surface area (Å²) in [6.45, 7) is 1.63. The van der Waals surface area contributed by atoms with Gasteiger partial charge < -0.3 is 9.51 Å². The first-order chi connectivity index (χ1) is 7.79. The summed E-state index contributed by atoms with van der Waals surface area (Å²) in [5.74, 6) is 0. The molecule has 0 spiro atoms. The second-order valence-electron chi connectivity index (χ2n) is 3.45. The molecule has 2 rings (SSSR count). The van der Waals surface area contributed by atoms with E-state index in [0.29, 0.717) is 5.69 Å². The lowest BCUT2D eigenvalue weighted by atomic mass is 10.1. The molecule has 0 aliphatic rings. The molecule has 0 aliphatic carbocycles. The summed E-state index contributed by atoms with van der Waals surface area (Å²) in [7, 11) is 0. The maximum atomic E-state index is 12.5. The van der Waals surface area contributed by atoms with E-state index < -0.39 is 17.8 Å². The van der Waals surface area contributed by atoms with Gasteiger partial charge in [-0.2, -0.15) is 13.2 Å². The van der Waals surface area contributed by atoms with Crippen LogP contribution in [-0.4, -0.2) is 20.7 Å². The van der Waals surface area contributed by atoms with Crippen molar-refractivity contribution < 1.29 is 19.6 Å². The number of hydrogen-bond donors (Lipinski definition) is 1. The predicted octanol–water partition coefficient (Wildman–Crippen LogP) is 2.24. The largest absolute Gasteiger partial charge is 0.418 e. The van der Waals surface area contributed by atoms with Crippen LogP contribution in [0.25, 0.3) is 5.65 Å². The highest BCUT2D eigenvalue weighted by Crippen LogP contribution is 2.33. The minimum Gasteiger partial charge on any atom is -0.379 e. The first kappa shape index (κ1) is 9.65. The van der Waals surface area contributed by atoms with Crippen LogP contribution >= 0.6 is 0 Å². The normalized spacial score (nSPS) is 15.2. The molecular formula is C10H9F3N2O. The minimum absolute atomic E-state index is 0.0170. The summed E-state index contributed by atoms with van der Waals surface area (Å²) in [4.78, 5) is 3.91. The van der Waals surface area contributed by atoms with E-state index in [4.69, 9.17) is 1.37 Å². The van der Waals surface area contributed by atoms with E-state index in [9.17, 15) is 18.3 Å². The molecule has 16 heavy (non-hydrogen) atoms. The molecule has 6 heteroatoms. The molecule has 2 aromatic rings. The van der Waals surface area contributed by atoms with Crippen LogP contribution in [-0.2, 0) is 0 Å². The van der Waals surface area contributed by atoms with Crippen LogP contribution in [0, 0.1) is 6.92 Å². The third-order valence-corrected chi connectivity index (χ3v) is 2.17. The maximum absolute atomic E-state index is 12.5. The Morgan fingerprint density at radius 3 is 2.88 bits per heavy atom. The number of fused-ring (bicyclic) bond motifs is 1. The average molecular weight is 231 g/mol. The van der Waals surface area contributed by atoms with Gasteiger partial charge in [-0.05, 0) is 13.0 Å². The van der Waals surface area contributed by atoms with Crippen LogP contribution < -0.4 is 0 Å². The van der Waals surface area contributed by atoms with Crippen molar-refractivity contribution >= 4 is 5.65 Å². The smallest absolute Gasteiger partial charge is 0.379 e. The number of imidazole rings is 1. The highest BCUT2D eigenvalue weighted by atomic mass is 19.4. The molecule has 0 bridgehead atoms. The fourth-order valence-corrected chi connectivity index (χ4v) is 1.48. The first-order valence-corrected chi connectivity index (χ1v) is 4.49. The molecule has 0 fully saturated rings. The molecule has 3 nitrogen and oxygen atoms in total. The molecule has 0 amide bonds. The van der Waals surface area contributed by atoms with E-state index in [0.717, 1.165) is 6.07 Å². The Labute approximate surface area is 90.6 Å². The predicted molar refractivity (Wildman–Crippen MR) is 50.9 cm³/mol. The third kappa shape index (κ3) is 1.76. The molecule has 2 heterocycles.